The van der Waals surface area contributed by atoms with Crippen molar-refractivity contribution in [3.05, 3.63) is 0 Å². The van der Waals surface area contributed by atoms with Gasteiger partial charge >= 0.3 is 0 Å². The van der Waals surface area contributed by atoms with E-state index >= 15 is 0 Å². The standard InChI is InChI=1S/C13H28N2O/c1-3-12-5-8-15(9-6-12)10-7-13(11-16)14-4-2/h12-14,16H,3-11H2,1-2H3. The fraction of sp³-hybridized carbons (Fsp3) is 1.00. The smallest absolute Gasteiger partial charge is 0.0585 e. The van der Waals surface area contributed by atoms with Crippen molar-refractivity contribution in [3.8, 4) is 0 Å². The maximum atomic E-state index is 9.19. The molecule has 0 aromatic carbocycles. The van der Waals surface area contributed by atoms with E-state index in [9.17, 15) is 5.11 Å². The first-order chi connectivity index (χ1) is 7.80. The summed E-state index contributed by atoms with van der Waals surface area (Å²) in [6, 6.07) is 0.286. The topological polar surface area (TPSA) is 35.5 Å². The van der Waals surface area contributed by atoms with Crippen LogP contribution >= 0.6 is 0 Å². The van der Waals surface area contributed by atoms with Gasteiger partial charge in [0, 0.05) is 6.04 Å². The zero-order chi connectivity index (χ0) is 11.8. The zero-order valence-electron chi connectivity index (χ0n) is 10.9. The molecule has 1 aliphatic heterocycles. The normalized spacial score (nSPS) is 21.2. The molecule has 3 nitrogen and oxygen atoms in total. The van der Waals surface area contributed by atoms with Gasteiger partial charge in [-0.3, -0.25) is 0 Å². The second-order valence-corrected chi connectivity index (χ2v) is 4.92. The van der Waals surface area contributed by atoms with E-state index in [-0.39, 0.29) is 12.6 Å². The summed E-state index contributed by atoms with van der Waals surface area (Å²) in [6.07, 6.45) is 5.13. The van der Waals surface area contributed by atoms with Crippen LogP contribution in [0.25, 0.3) is 0 Å². The highest BCUT2D eigenvalue weighted by Crippen LogP contribution is 2.19. The number of nitrogens with one attached hydrogen (secondary N) is 1. The molecule has 0 aromatic rings. The molecule has 0 radical (unpaired) electrons. The first kappa shape index (κ1) is 13.9. The predicted molar refractivity (Wildman–Crippen MR) is 68.6 cm³/mol. The average Bonchev–Trinajstić information content (AvgIpc) is 2.35. The maximum absolute atomic E-state index is 9.19. The number of likely N-dealkylation sites (N-methyl/N-ethyl adjacent to an activating group) is 1. The molecule has 0 saturated carbocycles. The molecule has 1 rings (SSSR count). The van der Waals surface area contributed by atoms with Crippen LogP contribution in [0.15, 0.2) is 0 Å². The Kier molecular flexibility index (Phi) is 7.01. The largest absolute Gasteiger partial charge is 0.395 e. The Morgan fingerprint density at radius 2 is 2.00 bits per heavy atom. The second-order valence-electron chi connectivity index (χ2n) is 4.92. The number of likely N-dealkylation sites (tertiary alicyclic amines) is 1. The molecular weight excluding hydrogens is 200 g/mol. The molecule has 1 atom stereocenters. The SMILES string of the molecule is CCNC(CO)CCN1CCC(CC)CC1. The number of aliphatic hydroxyl groups is 1. The van der Waals surface area contributed by atoms with Gasteiger partial charge in [-0.1, -0.05) is 20.3 Å². The third-order valence-corrected chi connectivity index (χ3v) is 3.79. The van der Waals surface area contributed by atoms with Gasteiger partial charge in [0.2, 0.25) is 0 Å². The molecule has 0 bridgehead atoms. The van der Waals surface area contributed by atoms with Crippen molar-refractivity contribution in [2.75, 3.05) is 32.8 Å². The molecule has 2 N–H and O–H groups in total. The predicted octanol–water partition coefficient (Wildman–Crippen LogP) is 1.47. The first-order valence-electron chi connectivity index (χ1n) is 6.86. The van der Waals surface area contributed by atoms with Gasteiger partial charge in [-0.05, 0) is 51.4 Å². The van der Waals surface area contributed by atoms with E-state index in [4.69, 9.17) is 0 Å². The second kappa shape index (κ2) is 8.04. The quantitative estimate of drug-likeness (QED) is 0.692. The summed E-state index contributed by atoms with van der Waals surface area (Å²) in [5.74, 6) is 0.957. The molecule has 16 heavy (non-hydrogen) atoms. The lowest BCUT2D eigenvalue weighted by molar-refractivity contribution is 0.162. The first-order valence-corrected chi connectivity index (χ1v) is 6.86. The minimum absolute atomic E-state index is 0.263. The van der Waals surface area contributed by atoms with Crippen LogP contribution in [0.1, 0.15) is 39.5 Å². The molecule has 1 fully saturated rings. The van der Waals surface area contributed by atoms with Gasteiger partial charge in [0.1, 0.15) is 0 Å². The van der Waals surface area contributed by atoms with Crippen molar-refractivity contribution in [1.29, 1.82) is 0 Å². The van der Waals surface area contributed by atoms with Crippen LogP contribution in [-0.2, 0) is 0 Å². The molecule has 0 spiro atoms. The fourth-order valence-corrected chi connectivity index (χ4v) is 2.50. The van der Waals surface area contributed by atoms with Crippen LogP contribution in [0.4, 0.5) is 0 Å². The lowest BCUT2D eigenvalue weighted by Gasteiger charge is -2.32. The number of piperidine rings is 1. The van der Waals surface area contributed by atoms with E-state index < -0.39 is 0 Å². The molecule has 0 aliphatic carbocycles. The Morgan fingerprint density at radius 3 is 2.50 bits per heavy atom. The highest BCUT2D eigenvalue weighted by molar-refractivity contribution is 4.74. The van der Waals surface area contributed by atoms with Crippen molar-refractivity contribution >= 4 is 0 Å². The molecule has 1 saturated heterocycles. The van der Waals surface area contributed by atoms with Gasteiger partial charge in [0.15, 0.2) is 0 Å². The summed E-state index contributed by atoms with van der Waals surface area (Å²) in [4.78, 5) is 2.55. The Bertz CT molecular complexity index is 167. The number of nitrogens with zero attached hydrogens (tertiary/aromatic N) is 1. The average molecular weight is 228 g/mol. The Labute approximate surface area is 100 Å². The Balaban J connectivity index is 2.13. The lowest BCUT2D eigenvalue weighted by atomic mass is 9.94. The molecule has 1 unspecified atom stereocenters. The van der Waals surface area contributed by atoms with Gasteiger partial charge in [-0.15, -0.1) is 0 Å². The zero-order valence-corrected chi connectivity index (χ0v) is 10.9. The van der Waals surface area contributed by atoms with E-state index in [2.05, 4.69) is 24.1 Å². The maximum Gasteiger partial charge on any atom is 0.0585 e. The van der Waals surface area contributed by atoms with Gasteiger partial charge < -0.3 is 15.3 Å². The minimum atomic E-state index is 0.263. The summed E-state index contributed by atoms with van der Waals surface area (Å²) in [5, 5.41) is 12.5. The molecular formula is C13H28N2O. The summed E-state index contributed by atoms with van der Waals surface area (Å²) >= 11 is 0. The molecule has 1 aliphatic rings. The monoisotopic (exact) mass is 228 g/mol. The van der Waals surface area contributed by atoms with Gasteiger partial charge in [0.05, 0.1) is 6.61 Å². The fourth-order valence-electron chi connectivity index (χ4n) is 2.50. The molecule has 96 valence electrons. The van der Waals surface area contributed by atoms with E-state index in [0.29, 0.717) is 0 Å². The highest BCUT2D eigenvalue weighted by atomic mass is 16.3. The summed E-state index contributed by atoms with van der Waals surface area (Å²) in [6.45, 7) is 9.24. The van der Waals surface area contributed by atoms with Crippen molar-refractivity contribution in [1.82, 2.24) is 10.2 Å². The number of hydrogen-bond donors (Lipinski definition) is 2. The number of hydrogen-bond acceptors (Lipinski definition) is 3. The Morgan fingerprint density at radius 1 is 1.31 bits per heavy atom. The van der Waals surface area contributed by atoms with Crippen molar-refractivity contribution in [3.63, 3.8) is 0 Å². The van der Waals surface area contributed by atoms with Gasteiger partial charge in [0.25, 0.3) is 0 Å². The van der Waals surface area contributed by atoms with E-state index in [0.717, 1.165) is 25.4 Å². The van der Waals surface area contributed by atoms with Crippen LogP contribution in [-0.4, -0.2) is 48.8 Å². The molecule has 1 heterocycles. The van der Waals surface area contributed by atoms with Crippen molar-refractivity contribution < 1.29 is 5.11 Å². The van der Waals surface area contributed by atoms with Crippen LogP contribution < -0.4 is 5.32 Å². The minimum Gasteiger partial charge on any atom is -0.395 e. The van der Waals surface area contributed by atoms with E-state index in [1.807, 2.05) is 0 Å². The number of rotatable bonds is 7. The highest BCUT2D eigenvalue weighted by Gasteiger charge is 2.18. The summed E-state index contributed by atoms with van der Waals surface area (Å²) in [7, 11) is 0. The lowest BCUT2D eigenvalue weighted by Crippen LogP contribution is -2.39. The molecule has 3 heteroatoms. The third-order valence-electron chi connectivity index (χ3n) is 3.79. The van der Waals surface area contributed by atoms with Crippen molar-refractivity contribution in [2.45, 2.75) is 45.6 Å². The third kappa shape index (κ3) is 4.81. The summed E-state index contributed by atoms with van der Waals surface area (Å²) < 4.78 is 0. The molecule has 0 aromatic heterocycles. The van der Waals surface area contributed by atoms with Gasteiger partial charge in [-0.25, -0.2) is 0 Å². The van der Waals surface area contributed by atoms with Crippen LogP contribution in [0.3, 0.4) is 0 Å². The van der Waals surface area contributed by atoms with Crippen LogP contribution in [0, 0.1) is 5.92 Å². The van der Waals surface area contributed by atoms with Crippen LogP contribution in [0.5, 0.6) is 0 Å². The van der Waals surface area contributed by atoms with E-state index in [1.165, 1.54) is 32.4 Å². The van der Waals surface area contributed by atoms with Crippen molar-refractivity contribution in [2.24, 2.45) is 5.92 Å². The van der Waals surface area contributed by atoms with Crippen LogP contribution in [0.2, 0.25) is 0 Å². The number of aliphatic hydroxyl groups excluding tert-OH is 1. The van der Waals surface area contributed by atoms with Gasteiger partial charge in [-0.2, -0.15) is 0 Å². The Hall–Kier alpha value is -0.120. The van der Waals surface area contributed by atoms with E-state index in [1.54, 1.807) is 0 Å². The molecule has 0 amide bonds. The summed E-state index contributed by atoms with van der Waals surface area (Å²) in [5.41, 5.74) is 0.